The fourth-order valence-corrected chi connectivity index (χ4v) is 4.74. The predicted molar refractivity (Wildman–Crippen MR) is 161 cm³/mol. The van der Waals surface area contributed by atoms with Crippen molar-refractivity contribution in [3.05, 3.63) is 66.5 Å². The minimum atomic E-state index is -0.346. The molecule has 0 saturated heterocycles. The molecule has 0 radical (unpaired) electrons. The van der Waals surface area contributed by atoms with Crippen LogP contribution in [-0.2, 0) is 9.59 Å². The highest BCUT2D eigenvalue weighted by atomic mass is 19.1. The maximum Gasteiger partial charge on any atom is 0.245 e. The average Bonchev–Trinajstić information content (AvgIpc) is 3.38. The molecule has 3 aromatic rings. The van der Waals surface area contributed by atoms with Gasteiger partial charge in [0.1, 0.15) is 11.6 Å². The molecule has 216 valence electrons. The molecule has 0 spiro atoms. The SMILES string of the molecule is CCCCCCCCCCCC(=O)N(CCCC)CC(=O)Nc1cc(-c2ccccc2)nn1-c1ccc(F)cc1. The number of nitrogens with one attached hydrogen (secondary N) is 1. The third-order valence-electron chi connectivity index (χ3n) is 7.08. The molecule has 0 aliphatic heterocycles. The lowest BCUT2D eigenvalue weighted by Gasteiger charge is -2.22. The molecule has 0 saturated carbocycles. The summed E-state index contributed by atoms with van der Waals surface area (Å²) in [5, 5.41) is 7.64. The molecule has 2 aromatic carbocycles. The number of benzene rings is 2. The number of hydrogen-bond donors (Lipinski definition) is 1. The van der Waals surface area contributed by atoms with E-state index in [4.69, 9.17) is 0 Å². The maximum atomic E-state index is 13.6. The van der Waals surface area contributed by atoms with E-state index in [9.17, 15) is 14.0 Å². The van der Waals surface area contributed by atoms with Gasteiger partial charge in [0.25, 0.3) is 0 Å². The fourth-order valence-electron chi connectivity index (χ4n) is 4.74. The number of carbonyl (C=O) groups is 2. The van der Waals surface area contributed by atoms with Crippen LogP contribution in [0.25, 0.3) is 16.9 Å². The van der Waals surface area contributed by atoms with Crippen molar-refractivity contribution >= 4 is 17.6 Å². The van der Waals surface area contributed by atoms with Gasteiger partial charge in [0.2, 0.25) is 11.8 Å². The molecular weight excluding hydrogens is 503 g/mol. The largest absolute Gasteiger partial charge is 0.333 e. The van der Waals surface area contributed by atoms with Gasteiger partial charge >= 0.3 is 0 Å². The number of aromatic nitrogens is 2. The minimum absolute atomic E-state index is 0.00840. The minimum Gasteiger partial charge on any atom is -0.333 e. The summed E-state index contributed by atoms with van der Waals surface area (Å²) in [5.74, 6) is -0.123. The maximum absolute atomic E-state index is 13.6. The van der Waals surface area contributed by atoms with Crippen LogP contribution in [0.3, 0.4) is 0 Å². The summed E-state index contributed by atoms with van der Waals surface area (Å²) in [6, 6.07) is 17.4. The highest BCUT2D eigenvalue weighted by molar-refractivity contribution is 5.94. The van der Waals surface area contributed by atoms with Crippen LogP contribution < -0.4 is 5.32 Å². The zero-order valence-corrected chi connectivity index (χ0v) is 24.2. The summed E-state index contributed by atoms with van der Waals surface area (Å²) in [5.41, 5.74) is 2.22. The normalized spacial score (nSPS) is 11.0. The molecule has 6 nitrogen and oxygen atoms in total. The Bertz CT molecular complexity index is 1160. The van der Waals surface area contributed by atoms with Gasteiger partial charge < -0.3 is 10.2 Å². The van der Waals surface area contributed by atoms with Gasteiger partial charge in [0.15, 0.2) is 0 Å². The molecule has 3 rings (SSSR count). The van der Waals surface area contributed by atoms with Gasteiger partial charge in [-0.05, 0) is 37.1 Å². The van der Waals surface area contributed by atoms with Crippen molar-refractivity contribution in [3.63, 3.8) is 0 Å². The summed E-state index contributed by atoms with van der Waals surface area (Å²) in [4.78, 5) is 27.9. The van der Waals surface area contributed by atoms with E-state index in [1.165, 1.54) is 50.7 Å². The molecule has 1 heterocycles. The van der Waals surface area contributed by atoms with Crippen molar-refractivity contribution in [1.82, 2.24) is 14.7 Å². The Morgan fingerprint density at radius 1 is 0.825 bits per heavy atom. The zero-order valence-electron chi connectivity index (χ0n) is 24.2. The van der Waals surface area contributed by atoms with Crippen LogP contribution in [0.2, 0.25) is 0 Å². The lowest BCUT2D eigenvalue weighted by Crippen LogP contribution is -2.38. The second kappa shape index (κ2) is 17.3. The Hall–Kier alpha value is -3.48. The summed E-state index contributed by atoms with van der Waals surface area (Å²) in [6.45, 7) is 4.86. The van der Waals surface area contributed by atoms with Crippen molar-refractivity contribution in [3.8, 4) is 16.9 Å². The molecule has 2 amide bonds. The fraction of sp³-hybridized carbons (Fsp3) is 0.485. The summed E-state index contributed by atoms with van der Waals surface area (Å²) >= 11 is 0. The summed E-state index contributed by atoms with van der Waals surface area (Å²) in [6.07, 6.45) is 13.0. The van der Waals surface area contributed by atoms with E-state index in [0.717, 1.165) is 37.7 Å². The molecule has 0 bridgehead atoms. The number of nitrogens with zero attached hydrogens (tertiary/aromatic N) is 3. The summed E-state index contributed by atoms with van der Waals surface area (Å²) < 4.78 is 15.2. The van der Waals surface area contributed by atoms with E-state index < -0.39 is 0 Å². The zero-order chi connectivity index (χ0) is 28.6. The molecular formula is C33H45FN4O2. The second-order valence-corrected chi connectivity index (χ2v) is 10.5. The van der Waals surface area contributed by atoms with Crippen LogP contribution in [0.15, 0.2) is 60.7 Å². The van der Waals surface area contributed by atoms with Gasteiger partial charge in [-0.1, -0.05) is 102 Å². The number of amides is 2. The lowest BCUT2D eigenvalue weighted by atomic mass is 10.1. The van der Waals surface area contributed by atoms with Crippen molar-refractivity contribution in [2.75, 3.05) is 18.4 Å². The number of hydrogen-bond acceptors (Lipinski definition) is 3. The van der Waals surface area contributed by atoms with Crippen molar-refractivity contribution in [2.45, 2.75) is 90.9 Å². The third-order valence-corrected chi connectivity index (χ3v) is 7.08. The highest BCUT2D eigenvalue weighted by Crippen LogP contribution is 2.25. The van der Waals surface area contributed by atoms with Crippen LogP contribution in [0.5, 0.6) is 0 Å². The Labute approximate surface area is 239 Å². The van der Waals surface area contributed by atoms with Crippen LogP contribution in [0.4, 0.5) is 10.2 Å². The monoisotopic (exact) mass is 548 g/mol. The van der Waals surface area contributed by atoms with E-state index in [1.54, 1.807) is 27.8 Å². The Kier molecular flexibility index (Phi) is 13.4. The van der Waals surface area contributed by atoms with Crippen molar-refractivity contribution in [2.24, 2.45) is 0 Å². The Balaban J connectivity index is 1.61. The van der Waals surface area contributed by atoms with Crippen molar-refractivity contribution < 1.29 is 14.0 Å². The molecule has 7 heteroatoms. The topological polar surface area (TPSA) is 67.2 Å². The number of unbranched alkanes of at least 4 members (excludes halogenated alkanes) is 9. The quantitative estimate of drug-likeness (QED) is 0.163. The first-order valence-electron chi connectivity index (χ1n) is 15.0. The van der Waals surface area contributed by atoms with Crippen LogP contribution >= 0.6 is 0 Å². The molecule has 1 N–H and O–H groups in total. The smallest absolute Gasteiger partial charge is 0.245 e. The molecule has 0 fully saturated rings. The van der Waals surface area contributed by atoms with E-state index >= 15 is 0 Å². The van der Waals surface area contributed by atoms with Gasteiger partial charge in [0.05, 0.1) is 17.9 Å². The molecule has 0 aliphatic carbocycles. The number of rotatable bonds is 18. The molecule has 0 atom stereocenters. The molecule has 1 aromatic heterocycles. The van der Waals surface area contributed by atoms with Gasteiger partial charge in [0, 0.05) is 24.6 Å². The highest BCUT2D eigenvalue weighted by Gasteiger charge is 2.19. The van der Waals surface area contributed by atoms with E-state index in [2.05, 4.69) is 24.3 Å². The van der Waals surface area contributed by atoms with Gasteiger partial charge in [-0.15, -0.1) is 0 Å². The number of carbonyl (C=O) groups excluding carboxylic acids is 2. The van der Waals surface area contributed by atoms with Crippen molar-refractivity contribution in [1.29, 1.82) is 0 Å². The first-order valence-corrected chi connectivity index (χ1v) is 15.0. The lowest BCUT2D eigenvalue weighted by molar-refractivity contribution is -0.134. The molecule has 40 heavy (non-hydrogen) atoms. The molecule has 0 aliphatic rings. The Morgan fingerprint density at radius 3 is 2.10 bits per heavy atom. The first kappa shape index (κ1) is 31.1. The van der Waals surface area contributed by atoms with E-state index in [0.29, 0.717) is 30.2 Å². The van der Waals surface area contributed by atoms with Gasteiger partial charge in [-0.25, -0.2) is 9.07 Å². The van der Waals surface area contributed by atoms with Gasteiger partial charge in [-0.3, -0.25) is 9.59 Å². The standard InChI is InChI=1S/C33H45FN4O2/c1-3-5-7-8-9-10-11-12-16-19-33(40)37(24-6-4-2)26-32(39)35-31-25-30(27-17-14-13-15-18-27)36-38(31)29-22-20-28(34)21-23-29/h13-15,17-18,20-23,25H,3-12,16,19,24,26H2,1-2H3,(H,35,39). The predicted octanol–water partition coefficient (Wildman–Crippen LogP) is 8.17. The molecule has 0 unspecified atom stereocenters. The number of halogens is 1. The van der Waals surface area contributed by atoms with E-state index in [-0.39, 0.29) is 24.2 Å². The first-order chi connectivity index (χ1) is 19.5. The summed E-state index contributed by atoms with van der Waals surface area (Å²) in [7, 11) is 0. The van der Waals surface area contributed by atoms with Crippen LogP contribution in [-0.4, -0.2) is 39.6 Å². The average molecular weight is 549 g/mol. The second-order valence-electron chi connectivity index (χ2n) is 10.5. The van der Waals surface area contributed by atoms with Crippen LogP contribution in [0, 0.1) is 5.82 Å². The Morgan fingerprint density at radius 2 is 1.45 bits per heavy atom. The van der Waals surface area contributed by atoms with Gasteiger partial charge in [-0.2, -0.15) is 5.10 Å². The number of anilines is 1. The van der Waals surface area contributed by atoms with E-state index in [1.807, 2.05) is 30.3 Å². The van der Waals surface area contributed by atoms with Crippen LogP contribution in [0.1, 0.15) is 90.9 Å². The third kappa shape index (κ3) is 10.2.